The molecule has 4 heterocycles. The minimum Gasteiger partial charge on any atom is -0.453 e. The summed E-state index contributed by atoms with van der Waals surface area (Å²) in [7, 11) is 2.51. The first-order valence-corrected chi connectivity index (χ1v) is 20.7. The lowest BCUT2D eigenvalue weighted by atomic mass is 9.98. The van der Waals surface area contributed by atoms with Gasteiger partial charge < -0.3 is 39.9 Å². The Kier molecular flexibility index (Phi) is 12.0. The van der Waals surface area contributed by atoms with E-state index in [1.807, 2.05) is 44.2 Å². The van der Waals surface area contributed by atoms with E-state index in [0.717, 1.165) is 57.3 Å². The number of fused-ring (bicyclic) bond motifs is 1. The Morgan fingerprint density at radius 3 is 1.95 bits per heavy atom. The van der Waals surface area contributed by atoms with Crippen LogP contribution in [0.25, 0.3) is 44.4 Å². The Morgan fingerprint density at radius 2 is 1.29 bits per heavy atom. The monoisotopic (exact) mass is 840 g/mol. The maximum atomic E-state index is 15.0. The number of likely N-dealkylation sites (tertiary alicyclic amines) is 2. The lowest BCUT2D eigenvalue weighted by Crippen LogP contribution is -2.51. The number of amides is 4. The van der Waals surface area contributed by atoms with Gasteiger partial charge in [0, 0.05) is 18.5 Å². The quantitative estimate of drug-likeness (QED) is 0.101. The van der Waals surface area contributed by atoms with E-state index in [2.05, 4.69) is 62.0 Å². The highest BCUT2D eigenvalue weighted by Crippen LogP contribution is 2.37. The van der Waals surface area contributed by atoms with Crippen molar-refractivity contribution in [2.24, 2.45) is 5.92 Å². The van der Waals surface area contributed by atoms with Crippen LogP contribution in [0.5, 0.6) is 0 Å². The number of nitrogens with zero attached hydrogens (tertiary/aromatic N) is 4. The number of alkyl halides is 1. The third-order valence-electron chi connectivity index (χ3n) is 11.8. The number of ether oxygens (including phenoxy) is 2. The summed E-state index contributed by atoms with van der Waals surface area (Å²) >= 11 is 0. The molecule has 6 aromatic rings. The summed E-state index contributed by atoms with van der Waals surface area (Å²) in [6, 6.07) is 26.8. The predicted octanol–water partition coefficient (Wildman–Crippen LogP) is 8.04. The average molecular weight is 841 g/mol. The minimum absolute atomic E-state index is 0.0724. The van der Waals surface area contributed by atoms with Gasteiger partial charge in [0.15, 0.2) is 0 Å². The second-order valence-corrected chi connectivity index (χ2v) is 16.1. The van der Waals surface area contributed by atoms with Crippen molar-refractivity contribution in [1.82, 2.24) is 40.4 Å². The fraction of sp³-hybridized carbons (Fsp3) is 0.319. The molecular formula is C47H49FN8O6. The molecule has 0 aliphatic carbocycles. The number of aromatic nitrogens is 4. The van der Waals surface area contributed by atoms with E-state index in [-0.39, 0.29) is 30.8 Å². The van der Waals surface area contributed by atoms with Gasteiger partial charge in [0.1, 0.15) is 29.9 Å². The van der Waals surface area contributed by atoms with E-state index in [9.17, 15) is 23.6 Å². The summed E-state index contributed by atoms with van der Waals surface area (Å²) in [4.78, 5) is 71.0. The van der Waals surface area contributed by atoms with Crippen molar-refractivity contribution in [2.75, 3.05) is 27.3 Å². The number of H-pyrrole nitrogens is 2. The number of carbonyl (C=O) groups is 4. The van der Waals surface area contributed by atoms with Crippen molar-refractivity contribution in [3.05, 3.63) is 121 Å². The lowest BCUT2D eigenvalue weighted by molar-refractivity contribution is -0.136. The van der Waals surface area contributed by atoms with Crippen molar-refractivity contribution in [2.45, 2.75) is 63.4 Å². The lowest BCUT2D eigenvalue weighted by Gasteiger charge is -2.30. The van der Waals surface area contributed by atoms with Gasteiger partial charge in [0.25, 0.3) is 5.91 Å². The topological polar surface area (TPSA) is 175 Å². The molecule has 1 unspecified atom stereocenters. The molecule has 0 saturated carbocycles. The zero-order chi connectivity index (χ0) is 43.5. The highest BCUT2D eigenvalue weighted by Gasteiger charge is 2.42. The molecule has 5 atom stereocenters. The second kappa shape index (κ2) is 17.9. The van der Waals surface area contributed by atoms with Crippen molar-refractivity contribution < 1.29 is 33.0 Å². The van der Waals surface area contributed by atoms with Gasteiger partial charge in [-0.2, -0.15) is 0 Å². The molecule has 320 valence electrons. The maximum absolute atomic E-state index is 15.0. The molecular weight excluding hydrogens is 792 g/mol. The fourth-order valence-corrected chi connectivity index (χ4v) is 8.50. The number of benzene rings is 4. The van der Waals surface area contributed by atoms with Gasteiger partial charge >= 0.3 is 12.2 Å². The average Bonchev–Trinajstić information content (AvgIpc) is 4.14. The van der Waals surface area contributed by atoms with Crippen molar-refractivity contribution >= 4 is 34.8 Å². The number of nitrogens with one attached hydrogen (secondary N) is 4. The van der Waals surface area contributed by atoms with E-state index < -0.39 is 42.4 Å². The van der Waals surface area contributed by atoms with Crippen LogP contribution < -0.4 is 10.6 Å². The number of rotatable bonds is 11. The van der Waals surface area contributed by atoms with Gasteiger partial charge in [0.2, 0.25) is 5.91 Å². The maximum Gasteiger partial charge on any atom is 0.407 e. The second-order valence-electron chi connectivity index (χ2n) is 16.1. The van der Waals surface area contributed by atoms with Crippen molar-refractivity contribution in [3.8, 4) is 33.6 Å². The largest absolute Gasteiger partial charge is 0.453 e. The van der Waals surface area contributed by atoms with Crippen LogP contribution in [0.2, 0.25) is 0 Å². The summed E-state index contributed by atoms with van der Waals surface area (Å²) in [5, 5.41) is 7.43. The molecule has 4 aromatic carbocycles. The Labute approximate surface area is 358 Å². The number of methoxy groups -OCH3 is 2. The first kappa shape index (κ1) is 41.7. The molecule has 2 aromatic heterocycles. The first-order chi connectivity index (χ1) is 30.0. The van der Waals surface area contributed by atoms with Crippen LogP contribution in [0.15, 0.2) is 103 Å². The van der Waals surface area contributed by atoms with Gasteiger partial charge in [-0.3, -0.25) is 9.59 Å². The zero-order valence-electron chi connectivity index (χ0n) is 34.9. The van der Waals surface area contributed by atoms with Crippen LogP contribution in [0, 0.1) is 5.92 Å². The highest BCUT2D eigenvalue weighted by atomic mass is 19.1. The Balaban J connectivity index is 0.950. The predicted molar refractivity (Wildman–Crippen MR) is 231 cm³/mol. The molecule has 2 saturated heterocycles. The summed E-state index contributed by atoms with van der Waals surface area (Å²) < 4.78 is 24.5. The minimum atomic E-state index is -1.26. The van der Waals surface area contributed by atoms with Crippen LogP contribution in [0.3, 0.4) is 0 Å². The van der Waals surface area contributed by atoms with E-state index in [0.29, 0.717) is 23.8 Å². The standard InChI is InChI=1S/C47H49FN8O6/c1-27(2)40(53-46(59)61-3)44(57)55-20-8-11-38(55)42-49-25-37(52-42)34-19-18-32-21-31(16-17-33(32)22-34)28-12-14-29(15-13-28)36-24-50-43(51-36)39-23-35(48)26-56(39)45(58)41(54-47(60)62-4)30-9-6-5-7-10-30/h5-7,9-10,12-19,21-22,24-25,27,35,38-41H,8,11,20,23,26H2,1-4H3,(H,49,52)(H,50,51)(H,53,59)(H,54,60)/t35-,38?,39+,40+,41-/m1/s1. The van der Waals surface area contributed by atoms with Crippen molar-refractivity contribution in [3.63, 3.8) is 0 Å². The number of aromatic amines is 2. The zero-order valence-corrected chi connectivity index (χ0v) is 34.9. The van der Waals surface area contributed by atoms with Gasteiger partial charge in [-0.05, 0) is 63.9 Å². The number of alkyl carbamates (subject to hydrolysis) is 2. The SMILES string of the molecule is COC(=O)N[C@H](C(=O)N1CCCC1c1ncc(-c2ccc3cc(-c4ccc(-c5cnc([C@@H]6C[C@@H](F)CN6C(=O)[C@H](NC(=O)OC)c6ccccc6)[nH]5)cc4)ccc3c2)[nH]1)C(C)C. The third-order valence-corrected chi connectivity index (χ3v) is 11.8. The molecule has 0 bridgehead atoms. The molecule has 8 rings (SSSR count). The molecule has 4 N–H and O–H groups in total. The van der Waals surface area contributed by atoms with E-state index in [4.69, 9.17) is 14.5 Å². The van der Waals surface area contributed by atoms with Gasteiger partial charge in [-0.25, -0.2) is 23.9 Å². The molecule has 62 heavy (non-hydrogen) atoms. The number of hydrogen-bond acceptors (Lipinski definition) is 8. The summed E-state index contributed by atoms with van der Waals surface area (Å²) in [6.45, 7) is 4.24. The van der Waals surface area contributed by atoms with Crippen LogP contribution in [0.1, 0.15) is 68.4 Å². The molecule has 15 heteroatoms. The summed E-state index contributed by atoms with van der Waals surface area (Å²) in [6.07, 6.45) is 2.51. The van der Waals surface area contributed by atoms with E-state index in [1.54, 1.807) is 41.6 Å². The number of halogens is 1. The smallest absolute Gasteiger partial charge is 0.407 e. The normalized spacial score (nSPS) is 18.5. The Hall–Kier alpha value is -7.03. The Morgan fingerprint density at radius 1 is 0.710 bits per heavy atom. The number of imidazole rings is 2. The molecule has 2 fully saturated rings. The fourth-order valence-electron chi connectivity index (χ4n) is 8.50. The van der Waals surface area contributed by atoms with E-state index >= 15 is 0 Å². The van der Waals surface area contributed by atoms with Gasteiger partial charge in [-0.1, -0.05) is 92.7 Å². The molecule has 0 spiro atoms. The highest BCUT2D eigenvalue weighted by molar-refractivity contribution is 5.91. The number of carbonyl (C=O) groups excluding carboxylic acids is 4. The van der Waals surface area contributed by atoms with E-state index in [1.165, 1.54) is 19.1 Å². The molecule has 14 nitrogen and oxygen atoms in total. The van der Waals surface area contributed by atoms with Crippen LogP contribution in [-0.4, -0.2) is 93.3 Å². The first-order valence-electron chi connectivity index (χ1n) is 20.7. The van der Waals surface area contributed by atoms with Gasteiger partial charge in [-0.15, -0.1) is 0 Å². The summed E-state index contributed by atoms with van der Waals surface area (Å²) in [5.74, 6) is 0.449. The third kappa shape index (κ3) is 8.60. The summed E-state index contributed by atoms with van der Waals surface area (Å²) in [5.41, 5.74) is 6.04. The van der Waals surface area contributed by atoms with Crippen molar-refractivity contribution in [1.29, 1.82) is 0 Å². The Bertz CT molecular complexity index is 2580. The molecule has 0 radical (unpaired) electrons. The molecule has 4 amide bonds. The van der Waals surface area contributed by atoms with Crippen LogP contribution in [-0.2, 0) is 19.1 Å². The molecule has 2 aliphatic heterocycles. The van der Waals surface area contributed by atoms with Crippen LogP contribution in [0.4, 0.5) is 14.0 Å². The van der Waals surface area contributed by atoms with Crippen LogP contribution >= 0.6 is 0 Å². The molecule has 2 aliphatic rings. The van der Waals surface area contributed by atoms with Gasteiger partial charge in [0.05, 0.1) is 56.6 Å². The number of hydrogen-bond donors (Lipinski definition) is 4.